The van der Waals surface area contributed by atoms with Gasteiger partial charge in [-0.25, -0.2) is 0 Å². The Morgan fingerprint density at radius 2 is 1.75 bits per heavy atom. The highest BCUT2D eigenvalue weighted by molar-refractivity contribution is 5.87. The summed E-state index contributed by atoms with van der Waals surface area (Å²) in [6.07, 6.45) is 12.3. The summed E-state index contributed by atoms with van der Waals surface area (Å²) in [5, 5.41) is 0. The van der Waals surface area contributed by atoms with Gasteiger partial charge in [-0.3, -0.25) is 14.4 Å². The molecule has 1 saturated heterocycles. The molecule has 5 fully saturated rings. The molecule has 5 rings (SSSR count). The average molecular weight is 444 g/mol. The van der Waals surface area contributed by atoms with Gasteiger partial charge in [-0.2, -0.15) is 0 Å². The van der Waals surface area contributed by atoms with Crippen molar-refractivity contribution in [2.24, 2.45) is 34.5 Å². The highest BCUT2D eigenvalue weighted by Crippen LogP contribution is 2.65. The summed E-state index contributed by atoms with van der Waals surface area (Å²) in [7, 11) is 0. The van der Waals surface area contributed by atoms with E-state index in [4.69, 9.17) is 4.74 Å². The zero-order valence-corrected chi connectivity index (χ0v) is 20.1. The molecule has 5 heteroatoms. The molecule has 0 radical (unpaired) electrons. The molecule has 1 amide bonds. The molecule has 5 aliphatic rings. The Balaban J connectivity index is 1.16. The number of fused-ring (bicyclic) bond motifs is 5. The Morgan fingerprint density at radius 3 is 2.53 bits per heavy atom. The number of hydrogen-bond donors (Lipinski definition) is 0. The maximum Gasteiger partial charge on any atom is 0.306 e. The number of amides is 1. The van der Waals surface area contributed by atoms with E-state index in [1.807, 2.05) is 4.90 Å². The van der Waals surface area contributed by atoms with Crippen molar-refractivity contribution in [1.82, 2.24) is 4.90 Å². The van der Waals surface area contributed by atoms with Crippen LogP contribution >= 0.6 is 0 Å². The maximum atomic E-state index is 12.6. The first-order valence-corrected chi connectivity index (χ1v) is 13.3. The first kappa shape index (κ1) is 22.4. The van der Waals surface area contributed by atoms with Crippen LogP contribution in [0.25, 0.3) is 0 Å². The summed E-state index contributed by atoms with van der Waals surface area (Å²) in [6, 6.07) is 0. The summed E-state index contributed by atoms with van der Waals surface area (Å²) >= 11 is 0. The summed E-state index contributed by atoms with van der Waals surface area (Å²) < 4.78 is 5.88. The Hall–Kier alpha value is -1.39. The van der Waals surface area contributed by atoms with Gasteiger partial charge < -0.3 is 9.64 Å². The van der Waals surface area contributed by atoms with E-state index in [2.05, 4.69) is 13.8 Å². The van der Waals surface area contributed by atoms with Gasteiger partial charge in [0, 0.05) is 31.3 Å². The SMILES string of the molecule is CC12CCC3C(CCC4CC(OC(=O)CCC(=O)N5CCCC5)CCC43C)C1CCC2=O. The highest BCUT2D eigenvalue weighted by atomic mass is 16.5. The van der Waals surface area contributed by atoms with Gasteiger partial charge in [-0.15, -0.1) is 0 Å². The van der Waals surface area contributed by atoms with Crippen molar-refractivity contribution < 1.29 is 19.1 Å². The van der Waals surface area contributed by atoms with Crippen molar-refractivity contribution in [3.63, 3.8) is 0 Å². The second kappa shape index (κ2) is 8.43. The number of carbonyl (C=O) groups excluding carboxylic acids is 3. The number of carbonyl (C=O) groups is 3. The van der Waals surface area contributed by atoms with Crippen molar-refractivity contribution in [2.75, 3.05) is 13.1 Å². The molecular formula is C27H41NO4. The maximum absolute atomic E-state index is 12.6. The first-order chi connectivity index (χ1) is 15.3. The normalized spacial score (nSPS) is 43.4. The molecular weight excluding hydrogens is 402 g/mol. The van der Waals surface area contributed by atoms with E-state index in [1.165, 1.54) is 19.3 Å². The van der Waals surface area contributed by atoms with Crippen molar-refractivity contribution in [1.29, 1.82) is 0 Å². The van der Waals surface area contributed by atoms with Gasteiger partial charge in [-0.05, 0) is 93.3 Å². The molecule has 0 spiro atoms. The summed E-state index contributed by atoms with van der Waals surface area (Å²) in [5.74, 6) is 3.06. The largest absolute Gasteiger partial charge is 0.462 e. The van der Waals surface area contributed by atoms with E-state index in [0.717, 1.165) is 70.4 Å². The van der Waals surface area contributed by atoms with Crippen LogP contribution in [0.5, 0.6) is 0 Å². The minimum Gasteiger partial charge on any atom is -0.462 e. The second-order valence-corrected chi connectivity index (χ2v) is 12.0. The van der Waals surface area contributed by atoms with Gasteiger partial charge in [0.05, 0.1) is 6.42 Å². The minimum absolute atomic E-state index is 0.0147. The van der Waals surface area contributed by atoms with Crippen LogP contribution in [0.4, 0.5) is 0 Å². The number of likely N-dealkylation sites (tertiary alicyclic amines) is 1. The third-order valence-corrected chi connectivity index (χ3v) is 10.6. The smallest absolute Gasteiger partial charge is 0.306 e. The van der Waals surface area contributed by atoms with Crippen LogP contribution in [0.1, 0.15) is 97.3 Å². The van der Waals surface area contributed by atoms with Crippen molar-refractivity contribution in [3.8, 4) is 0 Å². The van der Waals surface area contributed by atoms with Gasteiger partial charge in [0.15, 0.2) is 0 Å². The highest BCUT2D eigenvalue weighted by Gasteiger charge is 2.60. The number of hydrogen-bond acceptors (Lipinski definition) is 4. The van der Waals surface area contributed by atoms with Crippen molar-refractivity contribution in [3.05, 3.63) is 0 Å². The van der Waals surface area contributed by atoms with Gasteiger partial charge in [0.2, 0.25) is 5.91 Å². The molecule has 4 saturated carbocycles. The van der Waals surface area contributed by atoms with Crippen molar-refractivity contribution >= 4 is 17.7 Å². The zero-order valence-electron chi connectivity index (χ0n) is 20.1. The Labute approximate surface area is 193 Å². The number of nitrogens with zero attached hydrogens (tertiary/aromatic N) is 1. The lowest BCUT2D eigenvalue weighted by molar-refractivity contribution is -0.163. The van der Waals surface area contributed by atoms with Gasteiger partial charge >= 0.3 is 5.97 Å². The van der Waals surface area contributed by atoms with E-state index in [1.54, 1.807) is 0 Å². The molecule has 5 nitrogen and oxygen atoms in total. The third-order valence-electron chi connectivity index (χ3n) is 10.6. The lowest BCUT2D eigenvalue weighted by atomic mass is 9.45. The average Bonchev–Trinajstić information content (AvgIpc) is 3.41. The van der Waals surface area contributed by atoms with Crippen molar-refractivity contribution in [2.45, 2.75) is 103 Å². The molecule has 7 atom stereocenters. The van der Waals surface area contributed by atoms with Gasteiger partial charge in [0.25, 0.3) is 0 Å². The number of Topliss-reactive ketones (excluding diaryl/α,β-unsaturated/α-hetero) is 1. The molecule has 0 aromatic heterocycles. The number of ketones is 1. The van der Waals surface area contributed by atoms with Crippen LogP contribution in [-0.4, -0.2) is 41.8 Å². The van der Waals surface area contributed by atoms with E-state index >= 15 is 0 Å². The quantitative estimate of drug-likeness (QED) is 0.579. The van der Waals surface area contributed by atoms with Crippen LogP contribution in [-0.2, 0) is 19.1 Å². The number of ether oxygens (including phenoxy) is 1. The molecule has 0 bridgehead atoms. The summed E-state index contributed by atoms with van der Waals surface area (Å²) in [5.41, 5.74) is 0.272. The molecule has 1 aliphatic heterocycles. The van der Waals surface area contributed by atoms with Crippen LogP contribution in [0.15, 0.2) is 0 Å². The fourth-order valence-corrected chi connectivity index (χ4v) is 8.68. The summed E-state index contributed by atoms with van der Waals surface area (Å²) in [6.45, 7) is 6.43. The van der Waals surface area contributed by atoms with Crippen LogP contribution in [0.3, 0.4) is 0 Å². The first-order valence-electron chi connectivity index (χ1n) is 13.3. The molecule has 0 aromatic rings. The van der Waals surface area contributed by atoms with E-state index < -0.39 is 0 Å². The Bertz CT molecular complexity index is 774. The number of esters is 1. The Morgan fingerprint density at radius 1 is 0.969 bits per heavy atom. The fraction of sp³-hybridized carbons (Fsp3) is 0.889. The third kappa shape index (κ3) is 3.72. The van der Waals surface area contributed by atoms with E-state index in [-0.39, 0.29) is 36.2 Å². The molecule has 4 aliphatic carbocycles. The van der Waals surface area contributed by atoms with Crippen LogP contribution in [0.2, 0.25) is 0 Å². The minimum atomic E-state index is -0.197. The Kier molecular flexibility index (Phi) is 5.90. The topological polar surface area (TPSA) is 63.7 Å². The predicted octanol–water partition coefficient (Wildman–Crippen LogP) is 4.91. The van der Waals surface area contributed by atoms with E-state index in [0.29, 0.717) is 29.0 Å². The lowest BCUT2D eigenvalue weighted by Gasteiger charge is -2.60. The second-order valence-electron chi connectivity index (χ2n) is 12.0. The molecule has 178 valence electrons. The monoisotopic (exact) mass is 443 g/mol. The standard InChI is InChI=1S/C27H41NO4/c1-26-13-11-19(32-25(31)10-9-24(30)28-15-3-4-16-28)17-18(26)5-6-20-21-7-8-23(29)27(21,2)14-12-22(20)26/h18-22H,3-17H2,1-2H3. The van der Waals surface area contributed by atoms with Gasteiger partial charge in [0.1, 0.15) is 11.9 Å². The molecule has 32 heavy (non-hydrogen) atoms. The molecule has 0 aromatic carbocycles. The van der Waals surface area contributed by atoms with Crippen LogP contribution in [0, 0.1) is 34.5 Å². The predicted molar refractivity (Wildman–Crippen MR) is 122 cm³/mol. The number of rotatable bonds is 4. The van der Waals surface area contributed by atoms with E-state index in [9.17, 15) is 14.4 Å². The lowest BCUT2D eigenvalue weighted by Crippen LogP contribution is -2.54. The molecule has 1 heterocycles. The molecule has 7 unspecified atom stereocenters. The summed E-state index contributed by atoms with van der Waals surface area (Å²) in [4.78, 5) is 39.2. The van der Waals surface area contributed by atoms with Gasteiger partial charge in [-0.1, -0.05) is 13.8 Å². The van der Waals surface area contributed by atoms with Crippen LogP contribution < -0.4 is 0 Å². The molecule has 0 N–H and O–H groups in total. The zero-order chi connectivity index (χ0) is 22.5. The fourth-order valence-electron chi connectivity index (χ4n) is 8.68.